The molecule has 0 aliphatic rings. The molecule has 0 amide bonds. The molecule has 1 aromatic rings. The van der Waals surface area contributed by atoms with Crippen LogP contribution in [0.3, 0.4) is 0 Å². The largest absolute Gasteiger partial charge is 0.481 e. The molecule has 5 nitrogen and oxygen atoms in total. The fourth-order valence-corrected chi connectivity index (χ4v) is 2.73. The Balaban J connectivity index is 2.66. The third-order valence-electron chi connectivity index (χ3n) is 2.31. The summed E-state index contributed by atoms with van der Waals surface area (Å²) in [7, 11) is -3.60. The van der Waals surface area contributed by atoms with Gasteiger partial charge in [-0.25, -0.2) is 13.1 Å². The number of hydrogen-bond acceptors (Lipinski definition) is 3. The molecule has 0 fully saturated rings. The van der Waals surface area contributed by atoms with Gasteiger partial charge in [-0.05, 0) is 24.6 Å². The molecule has 1 aromatic carbocycles. The molecule has 7 heteroatoms. The van der Waals surface area contributed by atoms with Crippen LogP contribution < -0.4 is 4.72 Å². The van der Waals surface area contributed by atoms with Crippen molar-refractivity contribution >= 4 is 27.6 Å². The maximum atomic E-state index is 11.6. The molecule has 0 unspecified atom stereocenters. The molecule has 1 atom stereocenters. The summed E-state index contributed by atoms with van der Waals surface area (Å²) in [5, 5.41) is 9.02. The number of nitrogens with one attached hydrogen (secondary N) is 1. The van der Waals surface area contributed by atoms with Gasteiger partial charge < -0.3 is 5.11 Å². The predicted molar refractivity (Wildman–Crippen MR) is 69.0 cm³/mol. The zero-order chi connectivity index (χ0) is 13.8. The van der Waals surface area contributed by atoms with Gasteiger partial charge in [0, 0.05) is 11.1 Å². The van der Waals surface area contributed by atoms with Crippen molar-refractivity contribution in [2.45, 2.75) is 19.4 Å². The molecule has 0 spiro atoms. The molecule has 0 aromatic heterocycles. The zero-order valence-electron chi connectivity index (χ0n) is 9.76. The maximum Gasteiger partial charge on any atom is 0.304 e. The van der Waals surface area contributed by atoms with Crippen molar-refractivity contribution in [1.29, 1.82) is 0 Å². The highest BCUT2D eigenvalue weighted by Gasteiger charge is 2.17. The van der Waals surface area contributed by atoms with Crippen molar-refractivity contribution < 1.29 is 18.3 Å². The molecule has 0 bridgehead atoms. The Hall–Kier alpha value is -1.11. The number of aliphatic carboxylic acids is 1. The highest BCUT2D eigenvalue weighted by Crippen LogP contribution is 2.16. The summed E-state index contributed by atoms with van der Waals surface area (Å²) >= 11 is 5.73. The van der Waals surface area contributed by atoms with Gasteiger partial charge in [-0.2, -0.15) is 0 Å². The van der Waals surface area contributed by atoms with E-state index in [2.05, 4.69) is 4.72 Å². The van der Waals surface area contributed by atoms with E-state index in [4.69, 9.17) is 16.7 Å². The van der Waals surface area contributed by atoms with Crippen LogP contribution in [0.15, 0.2) is 24.3 Å². The summed E-state index contributed by atoms with van der Waals surface area (Å²) in [4.78, 5) is 10.3. The third kappa shape index (κ3) is 5.03. The molecule has 18 heavy (non-hydrogen) atoms. The number of rotatable bonds is 6. The Morgan fingerprint density at radius 2 is 1.94 bits per heavy atom. The second-order valence-corrected chi connectivity index (χ2v) is 6.16. The number of sulfonamides is 1. The standard InChI is InChI=1S/C11H14ClNO4S/c1-8(9-2-4-10(12)5-3-9)13-18(16,17)7-6-11(14)15/h2-5,8,13H,6-7H2,1H3,(H,14,15)/t8-/m1/s1. The Morgan fingerprint density at radius 1 is 1.39 bits per heavy atom. The van der Waals surface area contributed by atoms with E-state index in [0.717, 1.165) is 5.56 Å². The van der Waals surface area contributed by atoms with E-state index in [-0.39, 0.29) is 0 Å². The minimum atomic E-state index is -3.60. The minimum Gasteiger partial charge on any atom is -0.481 e. The molecule has 0 saturated carbocycles. The third-order valence-corrected chi connectivity index (χ3v) is 4.02. The summed E-state index contributed by atoms with van der Waals surface area (Å²) in [5.41, 5.74) is 0.762. The molecule has 1 rings (SSSR count). The first kappa shape index (κ1) is 14.9. The van der Waals surface area contributed by atoms with Crippen molar-refractivity contribution in [3.63, 3.8) is 0 Å². The molecule has 100 valence electrons. The summed E-state index contributed by atoms with van der Waals surface area (Å²) in [6, 6.07) is 6.33. The summed E-state index contributed by atoms with van der Waals surface area (Å²) < 4.78 is 25.6. The topological polar surface area (TPSA) is 83.5 Å². The lowest BCUT2D eigenvalue weighted by molar-refractivity contribution is -0.136. The summed E-state index contributed by atoms with van der Waals surface area (Å²) in [6.07, 6.45) is -0.414. The first-order chi connectivity index (χ1) is 8.30. The van der Waals surface area contributed by atoms with Gasteiger partial charge in [0.15, 0.2) is 0 Å². The van der Waals surface area contributed by atoms with Crippen LogP contribution in [0.1, 0.15) is 24.9 Å². The molecule has 2 N–H and O–H groups in total. The van der Waals surface area contributed by atoms with Crippen LogP contribution in [0, 0.1) is 0 Å². The van der Waals surface area contributed by atoms with E-state index < -0.39 is 34.2 Å². The van der Waals surface area contributed by atoms with Crippen LogP contribution in [-0.2, 0) is 14.8 Å². The Labute approximate surface area is 111 Å². The van der Waals surface area contributed by atoms with Gasteiger partial charge in [0.2, 0.25) is 10.0 Å². The zero-order valence-corrected chi connectivity index (χ0v) is 11.3. The van der Waals surface area contributed by atoms with Crippen LogP contribution in [0.2, 0.25) is 5.02 Å². The number of benzene rings is 1. The smallest absolute Gasteiger partial charge is 0.304 e. The average Bonchev–Trinajstić information content (AvgIpc) is 2.27. The SMILES string of the molecule is C[C@@H](NS(=O)(=O)CCC(=O)O)c1ccc(Cl)cc1. The Kier molecular flexibility index (Phi) is 5.13. The molecular weight excluding hydrogens is 278 g/mol. The second-order valence-electron chi connectivity index (χ2n) is 3.85. The van der Waals surface area contributed by atoms with Crippen LogP contribution in [-0.4, -0.2) is 25.2 Å². The first-order valence-corrected chi connectivity index (χ1v) is 7.30. The summed E-state index contributed by atoms with van der Waals surface area (Å²) in [6.45, 7) is 1.68. The number of carbonyl (C=O) groups is 1. The molecule has 0 aliphatic carbocycles. The lowest BCUT2D eigenvalue weighted by Gasteiger charge is -2.14. The summed E-state index contributed by atoms with van der Waals surface area (Å²) in [5.74, 6) is -1.57. The van der Waals surface area contributed by atoms with Gasteiger partial charge in [0.05, 0.1) is 12.2 Å². The number of hydrogen-bond donors (Lipinski definition) is 2. The van der Waals surface area contributed by atoms with Gasteiger partial charge in [-0.15, -0.1) is 0 Å². The van der Waals surface area contributed by atoms with Crippen LogP contribution in [0.5, 0.6) is 0 Å². The molecule has 0 aliphatic heterocycles. The van der Waals surface area contributed by atoms with E-state index >= 15 is 0 Å². The monoisotopic (exact) mass is 291 g/mol. The molecular formula is C11H14ClNO4S. The quantitative estimate of drug-likeness (QED) is 0.837. The van der Waals surface area contributed by atoms with Crippen molar-refractivity contribution in [1.82, 2.24) is 4.72 Å². The first-order valence-electron chi connectivity index (χ1n) is 5.27. The van der Waals surface area contributed by atoms with Crippen LogP contribution >= 0.6 is 11.6 Å². The molecule has 0 saturated heterocycles. The average molecular weight is 292 g/mol. The predicted octanol–water partition coefficient (Wildman–Crippen LogP) is 1.80. The van der Waals surface area contributed by atoms with Gasteiger partial charge >= 0.3 is 5.97 Å². The lowest BCUT2D eigenvalue weighted by atomic mass is 10.1. The van der Waals surface area contributed by atoms with E-state index in [1.165, 1.54) is 0 Å². The normalized spacial score (nSPS) is 13.2. The van der Waals surface area contributed by atoms with E-state index in [0.29, 0.717) is 5.02 Å². The van der Waals surface area contributed by atoms with Gasteiger partial charge in [0.1, 0.15) is 0 Å². The number of halogens is 1. The highest BCUT2D eigenvalue weighted by atomic mass is 35.5. The van der Waals surface area contributed by atoms with Crippen molar-refractivity contribution in [3.05, 3.63) is 34.9 Å². The van der Waals surface area contributed by atoms with Crippen molar-refractivity contribution in [3.8, 4) is 0 Å². The lowest BCUT2D eigenvalue weighted by Crippen LogP contribution is -2.30. The molecule has 0 radical (unpaired) electrons. The number of carboxylic acids is 1. The maximum absolute atomic E-state index is 11.6. The fourth-order valence-electron chi connectivity index (χ4n) is 1.37. The van der Waals surface area contributed by atoms with E-state index in [1.54, 1.807) is 31.2 Å². The highest BCUT2D eigenvalue weighted by molar-refractivity contribution is 7.89. The van der Waals surface area contributed by atoms with Gasteiger partial charge in [0.25, 0.3) is 0 Å². The Bertz CT molecular complexity index is 512. The number of carboxylic acid groups (broad SMARTS) is 1. The van der Waals surface area contributed by atoms with Crippen molar-refractivity contribution in [2.24, 2.45) is 0 Å². The van der Waals surface area contributed by atoms with E-state index in [9.17, 15) is 13.2 Å². The van der Waals surface area contributed by atoms with E-state index in [1.807, 2.05) is 0 Å². The minimum absolute atomic E-state index is 0.414. The molecule has 0 heterocycles. The van der Waals surface area contributed by atoms with Gasteiger partial charge in [-0.3, -0.25) is 4.79 Å². The van der Waals surface area contributed by atoms with Crippen LogP contribution in [0.4, 0.5) is 0 Å². The fraction of sp³-hybridized carbons (Fsp3) is 0.364. The van der Waals surface area contributed by atoms with Crippen molar-refractivity contribution in [2.75, 3.05) is 5.75 Å². The van der Waals surface area contributed by atoms with Gasteiger partial charge in [-0.1, -0.05) is 23.7 Å². The van der Waals surface area contributed by atoms with Crippen LogP contribution in [0.25, 0.3) is 0 Å². The second kappa shape index (κ2) is 6.17. The Morgan fingerprint density at radius 3 is 2.44 bits per heavy atom.